The number of nitrogens with one attached hydrogen (secondary N) is 1. The van der Waals surface area contributed by atoms with Gasteiger partial charge in [0.05, 0.1) is 6.10 Å². The number of fused-ring (bicyclic) bond motifs is 1. The summed E-state index contributed by atoms with van der Waals surface area (Å²) >= 11 is 1.92. The van der Waals surface area contributed by atoms with Gasteiger partial charge < -0.3 is 10.4 Å². The van der Waals surface area contributed by atoms with E-state index >= 15 is 0 Å². The van der Waals surface area contributed by atoms with Gasteiger partial charge in [-0.05, 0) is 41.9 Å². The summed E-state index contributed by atoms with van der Waals surface area (Å²) in [5.41, 5.74) is 3.53. The molecule has 0 saturated carbocycles. The van der Waals surface area contributed by atoms with Crippen LogP contribution < -0.4 is 5.32 Å². The van der Waals surface area contributed by atoms with E-state index in [-0.39, 0.29) is 0 Å². The second-order valence-electron chi connectivity index (χ2n) is 5.51. The first kappa shape index (κ1) is 14.6. The minimum absolute atomic E-state index is 0.348. The van der Waals surface area contributed by atoms with Gasteiger partial charge in [-0.1, -0.05) is 42.5 Å². The molecule has 3 rings (SSSR count). The lowest BCUT2D eigenvalue weighted by Gasteiger charge is -2.27. The minimum atomic E-state index is -0.451. The normalized spacial score (nSPS) is 19.0. The van der Waals surface area contributed by atoms with Crippen LogP contribution in [-0.4, -0.2) is 17.4 Å². The highest BCUT2D eigenvalue weighted by Crippen LogP contribution is 2.36. The highest BCUT2D eigenvalue weighted by Gasteiger charge is 2.21. The van der Waals surface area contributed by atoms with Crippen molar-refractivity contribution in [3.8, 4) is 0 Å². The smallest absolute Gasteiger partial charge is 0.0917 e. The van der Waals surface area contributed by atoms with Crippen LogP contribution in [0.1, 0.15) is 35.3 Å². The number of hydrogen-bond acceptors (Lipinski definition) is 3. The summed E-state index contributed by atoms with van der Waals surface area (Å²) in [6.45, 7) is 2.64. The molecule has 2 nitrogen and oxygen atoms in total. The van der Waals surface area contributed by atoms with E-state index in [9.17, 15) is 5.11 Å². The molecule has 1 aliphatic rings. The van der Waals surface area contributed by atoms with Gasteiger partial charge >= 0.3 is 0 Å². The Morgan fingerprint density at radius 1 is 1.19 bits per heavy atom. The van der Waals surface area contributed by atoms with E-state index < -0.39 is 6.10 Å². The fourth-order valence-corrected chi connectivity index (χ4v) is 4.00. The summed E-state index contributed by atoms with van der Waals surface area (Å²) in [5, 5.41) is 14.0. The lowest BCUT2D eigenvalue weighted by atomic mass is 10.0. The molecule has 0 amide bonds. The number of benzene rings is 2. The average Bonchev–Trinajstić information content (AvgIpc) is 2.53. The van der Waals surface area contributed by atoms with Crippen molar-refractivity contribution in [2.45, 2.75) is 30.4 Å². The van der Waals surface area contributed by atoms with E-state index in [0.717, 1.165) is 23.3 Å². The van der Waals surface area contributed by atoms with Crippen molar-refractivity contribution in [1.29, 1.82) is 0 Å². The van der Waals surface area contributed by atoms with Crippen molar-refractivity contribution >= 4 is 11.8 Å². The number of aliphatic hydroxyl groups excluding tert-OH is 1. The van der Waals surface area contributed by atoms with Crippen LogP contribution in [0.25, 0.3) is 0 Å². The van der Waals surface area contributed by atoms with Gasteiger partial charge in [-0.15, -0.1) is 11.8 Å². The van der Waals surface area contributed by atoms with Gasteiger partial charge in [0.25, 0.3) is 0 Å². The van der Waals surface area contributed by atoms with Crippen molar-refractivity contribution < 1.29 is 5.11 Å². The molecule has 0 aliphatic carbocycles. The van der Waals surface area contributed by atoms with Gasteiger partial charge in [-0.3, -0.25) is 0 Å². The highest BCUT2D eigenvalue weighted by atomic mass is 32.2. The number of hydrogen-bond donors (Lipinski definition) is 2. The zero-order valence-corrected chi connectivity index (χ0v) is 13.1. The summed E-state index contributed by atoms with van der Waals surface area (Å²) in [5.74, 6) is 1.13. The quantitative estimate of drug-likeness (QED) is 0.899. The maximum atomic E-state index is 10.4. The molecule has 0 spiro atoms. The number of rotatable bonds is 4. The Kier molecular flexibility index (Phi) is 4.63. The van der Waals surface area contributed by atoms with E-state index in [2.05, 4.69) is 29.6 Å². The van der Waals surface area contributed by atoms with Crippen LogP contribution in [0.15, 0.2) is 53.4 Å². The molecular formula is C18H21NOS. The predicted octanol–water partition coefficient (Wildman–Crippen LogP) is 3.86. The van der Waals surface area contributed by atoms with E-state index in [1.54, 1.807) is 0 Å². The van der Waals surface area contributed by atoms with Crippen LogP contribution in [0.5, 0.6) is 0 Å². The monoisotopic (exact) mass is 299 g/mol. The zero-order valence-electron chi connectivity index (χ0n) is 12.3. The molecule has 110 valence electrons. The predicted molar refractivity (Wildman–Crippen MR) is 88.7 cm³/mol. The lowest BCUT2D eigenvalue weighted by molar-refractivity contribution is 0.168. The van der Waals surface area contributed by atoms with E-state index in [1.807, 2.05) is 43.0 Å². The van der Waals surface area contributed by atoms with Crippen molar-refractivity contribution in [1.82, 2.24) is 5.32 Å². The lowest BCUT2D eigenvalue weighted by Crippen LogP contribution is -2.29. The van der Waals surface area contributed by atoms with Crippen molar-refractivity contribution in [3.63, 3.8) is 0 Å². The molecule has 2 aromatic rings. The number of aryl methyl sites for hydroxylation is 1. The summed E-state index contributed by atoms with van der Waals surface area (Å²) < 4.78 is 0. The first-order valence-corrected chi connectivity index (χ1v) is 8.43. The Hall–Kier alpha value is -1.29. The third-order valence-electron chi connectivity index (χ3n) is 4.06. The molecule has 0 radical (unpaired) electrons. The van der Waals surface area contributed by atoms with Crippen LogP contribution in [0.4, 0.5) is 0 Å². The highest BCUT2D eigenvalue weighted by molar-refractivity contribution is 7.99. The molecule has 1 aliphatic heterocycles. The van der Waals surface area contributed by atoms with Crippen molar-refractivity contribution in [2.24, 2.45) is 0 Å². The Morgan fingerprint density at radius 2 is 1.95 bits per heavy atom. The Morgan fingerprint density at radius 3 is 2.81 bits per heavy atom. The third kappa shape index (κ3) is 3.31. The SMILES string of the molecule is Cc1ccccc1C(O)CNC1CCSc2ccccc21. The molecule has 2 N–H and O–H groups in total. The second kappa shape index (κ2) is 6.65. The number of thioether (sulfide) groups is 1. The topological polar surface area (TPSA) is 32.3 Å². The average molecular weight is 299 g/mol. The Bertz CT molecular complexity index is 614. The molecule has 0 bridgehead atoms. The molecule has 0 aromatic heterocycles. The number of aliphatic hydroxyl groups is 1. The molecule has 0 fully saturated rings. The molecule has 2 atom stereocenters. The zero-order chi connectivity index (χ0) is 14.7. The maximum absolute atomic E-state index is 10.4. The molecule has 21 heavy (non-hydrogen) atoms. The summed E-state index contributed by atoms with van der Waals surface area (Å²) in [6, 6.07) is 17.0. The van der Waals surface area contributed by atoms with Gasteiger partial charge in [0.2, 0.25) is 0 Å². The summed E-state index contributed by atoms with van der Waals surface area (Å²) in [6.07, 6.45) is 0.662. The fourth-order valence-electron chi connectivity index (χ4n) is 2.88. The largest absolute Gasteiger partial charge is 0.387 e. The van der Waals surface area contributed by atoms with Gasteiger partial charge in [-0.25, -0.2) is 0 Å². The van der Waals surface area contributed by atoms with Crippen LogP contribution in [0, 0.1) is 6.92 Å². The third-order valence-corrected chi connectivity index (χ3v) is 5.19. The van der Waals surface area contributed by atoms with Gasteiger partial charge in [-0.2, -0.15) is 0 Å². The first-order chi connectivity index (χ1) is 10.3. The van der Waals surface area contributed by atoms with Crippen LogP contribution in [0.2, 0.25) is 0 Å². The van der Waals surface area contributed by atoms with Crippen LogP contribution in [-0.2, 0) is 0 Å². The van der Waals surface area contributed by atoms with E-state index in [0.29, 0.717) is 12.6 Å². The standard InChI is InChI=1S/C18H21NOS/c1-13-6-2-3-7-14(13)17(20)12-19-16-10-11-21-18-9-5-4-8-15(16)18/h2-9,16-17,19-20H,10-12H2,1H3. The minimum Gasteiger partial charge on any atom is -0.387 e. The van der Waals surface area contributed by atoms with Crippen LogP contribution in [0.3, 0.4) is 0 Å². The van der Waals surface area contributed by atoms with Gasteiger partial charge in [0.1, 0.15) is 0 Å². The fraction of sp³-hybridized carbons (Fsp3) is 0.333. The van der Waals surface area contributed by atoms with Crippen molar-refractivity contribution in [3.05, 3.63) is 65.2 Å². The molecule has 0 saturated heterocycles. The Labute approximate surface area is 130 Å². The maximum Gasteiger partial charge on any atom is 0.0917 e. The van der Waals surface area contributed by atoms with E-state index in [1.165, 1.54) is 10.5 Å². The molecular weight excluding hydrogens is 278 g/mol. The molecule has 2 unspecified atom stereocenters. The first-order valence-electron chi connectivity index (χ1n) is 7.44. The second-order valence-corrected chi connectivity index (χ2v) is 6.64. The molecule has 2 aromatic carbocycles. The summed E-state index contributed by atoms with van der Waals surface area (Å²) in [4.78, 5) is 1.37. The van der Waals surface area contributed by atoms with Gasteiger partial charge in [0.15, 0.2) is 0 Å². The molecule has 1 heterocycles. The van der Waals surface area contributed by atoms with Gasteiger partial charge in [0, 0.05) is 17.5 Å². The Balaban J connectivity index is 1.67. The summed E-state index contributed by atoms with van der Waals surface area (Å²) in [7, 11) is 0. The van der Waals surface area contributed by atoms with Crippen LogP contribution >= 0.6 is 11.8 Å². The van der Waals surface area contributed by atoms with Crippen molar-refractivity contribution in [2.75, 3.05) is 12.3 Å². The molecule has 3 heteroatoms. The van der Waals surface area contributed by atoms with E-state index in [4.69, 9.17) is 0 Å².